The van der Waals surface area contributed by atoms with Crippen LogP contribution in [0.1, 0.15) is 30.1 Å². The highest BCUT2D eigenvalue weighted by Crippen LogP contribution is 2.24. The molecule has 3 aromatic rings. The van der Waals surface area contributed by atoms with Gasteiger partial charge in [-0.3, -0.25) is 19.3 Å². The van der Waals surface area contributed by atoms with Crippen molar-refractivity contribution in [3.63, 3.8) is 0 Å². The highest BCUT2D eigenvalue weighted by molar-refractivity contribution is 6.20. The number of hydrogen-bond acceptors (Lipinski definition) is 5. The molecule has 4 rings (SSSR count). The lowest BCUT2D eigenvalue weighted by Crippen LogP contribution is -2.30. The Balaban J connectivity index is 1.43. The normalized spacial score (nSPS) is 14.5. The minimum Gasteiger partial charge on any atom is -0.449 e. The summed E-state index contributed by atoms with van der Waals surface area (Å²) < 4.78 is 5.29. The summed E-state index contributed by atoms with van der Waals surface area (Å²) in [5, 5.41) is 4.77. The molecule has 0 radical (unpaired) electrons. The van der Waals surface area contributed by atoms with Crippen LogP contribution in [0.25, 0.3) is 10.8 Å². The molecule has 3 amide bonds. The van der Waals surface area contributed by atoms with Crippen molar-refractivity contribution in [3.05, 3.63) is 72.3 Å². The number of rotatable bonds is 5. The van der Waals surface area contributed by atoms with Gasteiger partial charge in [0, 0.05) is 18.5 Å². The summed E-state index contributed by atoms with van der Waals surface area (Å²) in [6.07, 6.45) is -0.739. The number of benzene rings is 3. The van der Waals surface area contributed by atoms with E-state index in [1.54, 1.807) is 18.2 Å². The molecule has 0 saturated carbocycles. The standard InChI is InChI=1S/C24H20N2O5/c1-15(23(29)25-19-10-9-16-5-2-3-6-17(16)13-19)31-24(30)18-7-4-8-20(14-18)26-21(27)11-12-22(26)28/h2-10,13-15H,11-12H2,1H3,(H,25,29). The zero-order valence-corrected chi connectivity index (χ0v) is 16.8. The molecule has 0 bridgehead atoms. The van der Waals surface area contributed by atoms with Crippen molar-refractivity contribution in [2.75, 3.05) is 10.2 Å². The number of fused-ring (bicyclic) bond motifs is 1. The van der Waals surface area contributed by atoms with Crippen LogP contribution >= 0.6 is 0 Å². The molecule has 1 saturated heterocycles. The van der Waals surface area contributed by atoms with Gasteiger partial charge in [0.25, 0.3) is 5.91 Å². The van der Waals surface area contributed by atoms with E-state index in [0.717, 1.165) is 15.7 Å². The number of nitrogens with one attached hydrogen (secondary N) is 1. The van der Waals surface area contributed by atoms with E-state index in [1.807, 2.05) is 36.4 Å². The maximum Gasteiger partial charge on any atom is 0.338 e. The van der Waals surface area contributed by atoms with Crippen molar-refractivity contribution in [1.82, 2.24) is 0 Å². The van der Waals surface area contributed by atoms with E-state index in [0.29, 0.717) is 11.4 Å². The molecule has 1 aliphatic heterocycles. The molecular formula is C24H20N2O5. The van der Waals surface area contributed by atoms with Crippen LogP contribution in [0.5, 0.6) is 0 Å². The van der Waals surface area contributed by atoms with Crippen LogP contribution in [-0.4, -0.2) is 29.8 Å². The van der Waals surface area contributed by atoms with Crippen LogP contribution < -0.4 is 10.2 Å². The molecule has 1 aliphatic rings. The second-order valence-corrected chi connectivity index (χ2v) is 7.27. The Morgan fingerprint density at radius 2 is 1.61 bits per heavy atom. The highest BCUT2D eigenvalue weighted by Gasteiger charge is 2.30. The first kappa shape index (κ1) is 20.3. The number of esters is 1. The van der Waals surface area contributed by atoms with Crippen molar-refractivity contribution >= 4 is 45.8 Å². The second-order valence-electron chi connectivity index (χ2n) is 7.27. The first-order valence-corrected chi connectivity index (χ1v) is 9.89. The average molecular weight is 416 g/mol. The van der Waals surface area contributed by atoms with Crippen LogP contribution in [0.2, 0.25) is 0 Å². The Morgan fingerprint density at radius 3 is 2.35 bits per heavy atom. The van der Waals surface area contributed by atoms with Gasteiger partial charge in [0.05, 0.1) is 11.3 Å². The summed E-state index contributed by atoms with van der Waals surface area (Å²) in [5.74, 6) is -1.80. The molecule has 0 aliphatic carbocycles. The van der Waals surface area contributed by atoms with E-state index in [1.165, 1.54) is 19.1 Å². The Bertz CT molecular complexity index is 1190. The van der Waals surface area contributed by atoms with Gasteiger partial charge in [-0.1, -0.05) is 36.4 Å². The molecule has 0 spiro atoms. The van der Waals surface area contributed by atoms with Crippen LogP contribution in [0.3, 0.4) is 0 Å². The monoisotopic (exact) mass is 416 g/mol. The Labute approximate surface area is 178 Å². The number of imide groups is 1. The smallest absolute Gasteiger partial charge is 0.338 e. The summed E-state index contributed by atoms with van der Waals surface area (Å²) in [7, 11) is 0. The minimum absolute atomic E-state index is 0.148. The predicted molar refractivity (Wildman–Crippen MR) is 116 cm³/mol. The largest absolute Gasteiger partial charge is 0.449 e. The molecule has 7 heteroatoms. The lowest BCUT2D eigenvalue weighted by atomic mass is 10.1. The van der Waals surface area contributed by atoms with Crippen molar-refractivity contribution in [2.45, 2.75) is 25.9 Å². The summed E-state index contributed by atoms with van der Waals surface area (Å²) in [5.41, 5.74) is 1.06. The number of amides is 3. The Hall–Kier alpha value is -4.00. The third-order valence-electron chi connectivity index (χ3n) is 5.06. The van der Waals surface area contributed by atoms with E-state index in [4.69, 9.17) is 4.74 Å². The molecule has 1 atom stereocenters. The van der Waals surface area contributed by atoms with Crippen LogP contribution in [0.4, 0.5) is 11.4 Å². The number of hydrogen-bond donors (Lipinski definition) is 1. The number of carbonyl (C=O) groups excluding carboxylic acids is 4. The fraction of sp³-hybridized carbons (Fsp3) is 0.167. The average Bonchev–Trinajstić information content (AvgIpc) is 3.11. The van der Waals surface area contributed by atoms with Crippen molar-refractivity contribution in [1.29, 1.82) is 0 Å². The summed E-state index contributed by atoms with van der Waals surface area (Å²) >= 11 is 0. The highest BCUT2D eigenvalue weighted by atomic mass is 16.5. The van der Waals surface area contributed by atoms with E-state index >= 15 is 0 Å². The zero-order valence-electron chi connectivity index (χ0n) is 16.8. The number of carbonyl (C=O) groups is 4. The SMILES string of the molecule is CC(OC(=O)c1cccc(N2C(=O)CCC2=O)c1)C(=O)Nc1ccc2ccccc2c1. The van der Waals surface area contributed by atoms with Crippen molar-refractivity contribution < 1.29 is 23.9 Å². The van der Waals surface area contributed by atoms with E-state index in [2.05, 4.69) is 5.32 Å². The molecule has 156 valence electrons. The predicted octanol–water partition coefficient (Wildman–Crippen LogP) is 3.68. The molecule has 31 heavy (non-hydrogen) atoms. The number of anilines is 2. The topological polar surface area (TPSA) is 92.8 Å². The molecular weight excluding hydrogens is 396 g/mol. The Kier molecular flexibility index (Phi) is 5.49. The van der Waals surface area contributed by atoms with Crippen molar-refractivity contribution in [2.24, 2.45) is 0 Å². The fourth-order valence-corrected chi connectivity index (χ4v) is 3.43. The summed E-state index contributed by atoms with van der Waals surface area (Å²) in [6.45, 7) is 1.48. The van der Waals surface area contributed by atoms with Gasteiger partial charge in [0.2, 0.25) is 11.8 Å². The van der Waals surface area contributed by atoms with E-state index in [-0.39, 0.29) is 30.2 Å². The van der Waals surface area contributed by atoms with Gasteiger partial charge in [-0.2, -0.15) is 0 Å². The van der Waals surface area contributed by atoms with Gasteiger partial charge in [-0.15, -0.1) is 0 Å². The maximum absolute atomic E-state index is 12.5. The molecule has 0 aromatic heterocycles. The first-order valence-electron chi connectivity index (χ1n) is 9.89. The molecule has 1 fully saturated rings. The first-order chi connectivity index (χ1) is 14.9. The van der Waals surface area contributed by atoms with Gasteiger partial charge in [-0.25, -0.2) is 4.79 Å². The van der Waals surface area contributed by atoms with E-state index < -0.39 is 18.0 Å². The summed E-state index contributed by atoms with van der Waals surface area (Å²) in [6, 6.07) is 19.3. The zero-order chi connectivity index (χ0) is 22.0. The summed E-state index contributed by atoms with van der Waals surface area (Å²) in [4.78, 5) is 49.9. The fourth-order valence-electron chi connectivity index (χ4n) is 3.43. The maximum atomic E-state index is 12.5. The van der Waals surface area contributed by atoms with Crippen molar-refractivity contribution in [3.8, 4) is 0 Å². The van der Waals surface area contributed by atoms with Gasteiger partial charge in [-0.05, 0) is 48.0 Å². The molecule has 1 unspecified atom stereocenters. The third-order valence-corrected chi connectivity index (χ3v) is 5.06. The molecule has 1 N–H and O–H groups in total. The van der Waals surface area contributed by atoms with Gasteiger partial charge in [0.15, 0.2) is 6.10 Å². The Morgan fingerprint density at radius 1 is 0.903 bits per heavy atom. The minimum atomic E-state index is -1.04. The quantitative estimate of drug-likeness (QED) is 0.506. The molecule has 1 heterocycles. The van der Waals surface area contributed by atoms with Crippen LogP contribution in [0, 0.1) is 0 Å². The molecule has 7 nitrogen and oxygen atoms in total. The van der Waals surface area contributed by atoms with Gasteiger partial charge in [0.1, 0.15) is 0 Å². The number of ether oxygens (including phenoxy) is 1. The lowest BCUT2D eigenvalue weighted by Gasteiger charge is -2.16. The molecule has 3 aromatic carbocycles. The van der Waals surface area contributed by atoms with Crippen LogP contribution in [-0.2, 0) is 19.1 Å². The third kappa shape index (κ3) is 4.30. The lowest BCUT2D eigenvalue weighted by molar-refractivity contribution is -0.124. The number of nitrogens with zero attached hydrogens (tertiary/aromatic N) is 1. The second kappa shape index (κ2) is 8.39. The van der Waals surface area contributed by atoms with Gasteiger partial charge < -0.3 is 10.1 Å². The van der Waals surface area contributed by atoms with Crippen LogP contribution in [0.15, 0.2) is 66.7 Å². The van der Waals surface area contributed by atoms with Gasteiger partial charge >= 0.3 is 5.97 Å². The van der Waals surface area contributed by atoms with E-state index in [9.17, 15) is 19.2 Å².